The van der Waals surface area contributed by atoms with Crippen LogP contribution in [-0.4, -0.2) is 24.4 Å². The highest BCUT2D eigenvalue weighted by Crippen LogP contribution is 2.06. The van der Waals surface area contributed by atoms with Crippen LogP contribution in [0.25, 0.3) is 0 Å². The monoisotopic (exact) mass is 324 g/mol. The van der Waals surface area contributed by atoms with E-state index in [1.54, 1.807) is 24.3 Å². The average Bonchev–Trinajstić information content (AvgIpc) is 2.59. The molecule has 2 amide bonds. The number of amides is 2. The maximum atomic E-state index is 12.1. The van der Waals surface area contributed by atoms with Crippen molar-refractivity contribution < 1.29 is 9.59 Å². The first-order valence-corrected chi connectivity index (χ1v) is 8.29. The van der Waals surface area contributed by atoms with Gasteiger partial charge in [-0.3, -0.25) is 9.59 Å². The van der Waals surface area contributed by atoms with Gasteiger partial charge in [0.2, 0.25) is 0 Å². The Bertz CT molecular complexity index is 664. The molecule has 0 atom stereocenters. The minimum absolute atomic E-state index is 0.0880. The molecule has 0 aliphatic rings. The van der Waals surface area contributed by atoms with Gasteiger partial charge in [-0.05, 0) is 56.5 Å². The Hall–Kier alpha value is -2.62. The van der Waals surface area contributed by atoms with Crippen molar-refractivity contribution in [3.05, 3.63) is 71.3 Å². The van der Waals surface area contributed by atoms with Gasteiger partial charge in [0.25, 0.3) is 11.8 Å². The Kier molecular flexibility index (Phi) is 6.55. The van der Waals surface area contributed by atoms with E-state index in [1.165, 1.54) is 5.56 Å². The summed E-state index contributed by atoms with van der Waals surface area (Å²) < 4.78 is 0. The van der Waals surface area contributed by atoms with Crippen molar-refractivity contribution in [1.82, 2.24) is 10.6 Å². The lowest BCUT2D eigenvalue weighted by atomic mass is 10.1. The highest BCUT2D eigenvalue weighted by molar-refractivity contribution is 5.97. The van der Waals surface area contributed by atoms with Gasteiger partial charge in [0, 0.05) is 23.7 Å². The fourth-order valence-corrected chi connectivity index (χ4v) is 2.36. The van der Waals surface area contributed by atoms with Crippen LogP contribution in [-0.2, 0) is 6.42 Å². The SMILES string of the molecule is CC(C)NC(=O)c1ccc(C(=O)NCCCc2ccccc2)cc1. The number of hydrogen-bond donors (Lipinski definition) is 2. The van der Waals surface area contributed by atoms with E-state index in [4.69, 9.17) is 0 Å². The normalized spacial score (nSPS) is 10.5. The minimum atomic E-state index is -0.125. The largest absolute Gasteiger partial charge is 0.352 e. The first-order valence-electron chi connectivity index (χ1n) is 8.29. The van der Waals surface area contributed by atoms with Crippen LogP contribution >= 0.6 is 0 Å². The minimum Gasteiger partial charge on any atom is -0.352 e. The molecule has 0 spiro atoms. The van der Waals surface area contributed by atoms with Gasteiger partial charge in [-0.2, -0.15) is 0 Å². The molecular weight excluding hydrogens is 300 g/mol. The van der Waals surface area contributed by atoms with Gasteiger partial charge in [0.15, 0.2) is 0 Å². The molecule has 0 aliphatic heterocycles. The molecule has 2 aromatic carbocycles. The van der Waals surface area contributed by atoms with Crippen LogP contribution in [0.4, 0.5) is 0 Å². The molecule has 0 bridgehead atoms. The van der Waals surface area contributed by atoms with E-state index in [0.29, 0.717) is 17.7 Å². The zero-order valence-electron chi connectivity index (χ0n) is 14.2. The second kappa shape index (κ2) is 8.87. The van der Waals surface area contributed by atoms with Crippen LogP contribution in [0.5, 0.6) is 0 Å². The average molecular weight is 324 g/mol. The molecule has 0 aliphatic carbocycles. The van der Waals surface area contributed by atoms with E-state index in [0.717, 1.165) is 12.8 Å². The molecular formula is C20H24N2O2. The lowest BCUT2D eigenvalue weighted by Crippen LogP contribution is -2.30. The Balaban J connectivity index is 1.79. The summed E-state index contributed by atoms with van der Waals surface area (Å²) in [7, 11) is 0. The summed E-state index contributed by atoms with van der Waals surface area (Å²) in [5.41, 5.74) is 2.40. The number of benzene rings is 2. The highest BCUT2D eigenvalue weighted by Gasteiger charge is 2.09. The molecule has 24 heavy (non-hydrogen) atoms. The summed E-state index contributed by atoms with van der Waals surface area (Å²) in [6, 6.07) is 17.0. The van der Waals surface area contributed by atoms with Gasteiger partial charge in [0.1, 0.15) is 0 Å². The quantitative estimate of drug-likeness (QED) is 0.769. The van der Waals surface area contributed by atoms with Crippen LogP contribution in [0.2, 0.25) is 0 Å². The fraction of sp³-hybridized carbons (Fsp3) is 0.300. The third-order valence-corrected chi connectivity index (χ3v) is 3.60. The maximum absolute atomic E-state index is 12.1. The van der Waals surface area contributed by atoms with Crippen LogP contribution in [0.3, 0.4) is 0 Å². The molecule has 0 radical (unpaired) electrons. The molecule has 0 aromatic heterocycles. The van der Waals surface area contributed by atoms with Gasteiger partial charge in [-0.15, -0.1) is 0 Å². The summed E-state index contributed by atoms with van der Waals surface area (Å²) in [6.07, 6.45) is 1.83. The van der Waals surface area contributed by atoms with E-state index in [1.807, 2.05) is 32.0 Å². The van der Waals surface area contributed by atoms with Crippen molar-refractivity contribution >= 4 is 11.8 Å². The lowest BCUT2D eigenvalue weighted by molar-refractivity contribution is 0.0935. The maximum Gasteiger partial charge on any atom is 0.251 e. The third kappa shape index (κ3) is 5.54. The summed E-state index contributed by atoms with van der Waals surface area (Å²) in [6.45, 7) is 4.45. The Morgan fingerprint density at radius 3 is 2.04 bits per heavy atom. The number of aryl methyl sites for hydroxylation is 1. The Morgan fingerprint density at radius 2 is 1.46 bits per heavy atom. The zero-order valence-corrected chi connectivity index (χ0v) is 14.2. The van der Waals surface area contributed by atoms with Crippen LogP contribution in [0, 0.1) is 0 Å². The van der Waals surface area contributed by atoms with Crippen molar-refractivity contribution in [2.75, 3.05) is 6.54 Å². The van der Waals surface area contributed by atoms with Crippen LogP contribution in [0.1, 0.15) is 46.5 Å². The Morgan fingerprint density at radius 1 is 0.875 bits per heavy atom. The predicted molar refractivity (Wildman–Crippen MR) is 96.1 cm³/mol. The van der Waals surface area contributed by atoms with Crippen molar-refractivity contribution in [2.24, 2.45) is 0 Å². The van der Waals surface area contributed by atoms with Crippen molar-refractivity contribution in [1.29, 1.82) is 0 Å². The smallest absolute Gasteiger partial charge is 0.251 e. The lowest BCUT2D eigenvalue weighted by Gasteiger charge is -2.09. The van der Waals surface area contributed by atoms with Gasteiger partial charge >= 0.3 is 0 Å². The number of nitrogens with one attached hydrogen (secondary N) is 2. The van der Waals surface area contributed by atoms with Crippen molar-refractivity contribution in [3.63, 3.8) is 0 Å². The number of rotatable bonds is 7. The van der Waals surface area contributed by atoms with Gasteiger partial charge in [0.05, 0.1) is 0 Å². The molecule has 4 nitrogen and oxygen atoms in total. The molecule has 2 N–H and O–H groups in total. The van der Waals surface area contributed by atoms with Crippen molar-refractivity contribution in [3.8, 4) is 0 Å². The highest BCUT2D eigenvalue weighted by atomic mass is 16.2. The predicted octanol–water partition coefficient (Wildman–Crippen LogP) is 3.19. The second-order valence-electron chi connectivity index (χ2n) is 6.05. The van der Waals surface area contributed by atoms with Crippen molar-refractivity contribution in [2.45, 2.75) is 32.7 Å². The summed E-state index contributed by atoms with van der Waals surface area (Å²) in [4.78, 5) is 24.0. The van der Waals surface area contributed by atoms with Gasteiger partial charge in [-0.25, -0.2) is 0 Å². The number of carbonyl (C=O) groups is 2. The Labute approximate surface area is 143 Å². The van der Waals surface area contributed by atoms with E-state index >= 15 is 0 Å². The van der Waals surface area contributed by atoms with Gasteiger partial charge < -0.3 is 10.6 Å². The van der Waals surface area contributed by atoms with E-state index in [9.17, 15) is 9.59 Å². The van der Waals surface area contributed by atoms with Crippen LogP contribution in [0.15, 0.2) is 54.6 Å². The second-order valence-corrected chi connectivity index (χ2v) is 6.05. The molecule has 0 heterocycles. The molecule has 2 rings (SSSR count). The molecule has 0 saturated heterocycles. The fourth-order valence-electron chi connectivity index (χ4n) is 2.36. The molecule has 2 aromatic rings. The molecule has 4 heteroatoms. The van der Waals surface area contributed by atoms with Crippen LogP contribution < -0.4 is 10.6 Å². The molecule has 0 fully saturated rings. The molecule has 126 valence electrons. The molecule has 0 saturated carbocycles. The third-order valence-electron chi connectivity index (χ3n) is 3.60. The van der Waals surface area contributed by atoms with E-state index in [2.05, 4.69) is 22.8 Å². The first-order chi connectivity index (χ1) is 11.6. The number of hydrogen-bond acceptors (Lipinski definition) is 2. The molecule has 0 unspecified atom stereocenters. The summed E-state index contributed by atoms with van der Waals surface area (Å²) in [5, 5.41) is 5.74. The van der Waals surface area contributed by atoms with E-state index in [-0.39, 0.29) is 17.9 Å². The number of carbonyl (C=O) groups excluding carboxylic acids is 2. The zero-order chi connectivity index (χ0) is 17.4. The van der Waals surface area contributed by atoms with Gasteiger partial charge in [-0.1, -0.05) is 30.3 Å². The van der Waals surface area contributed by atoms with E-state index < -0.39 is 0 Å². The first kappa shape index (κ1) is 17.7. The summed E-state index contributed by atoms with van der Waals surface area (Å²) in [5.74, 6) is -0.237. The topological polar surface area (TPSA) is 58.2 Å². The standard InChI is InChI=1S/C20H24N2O2/c1-15(2)22-20(24)18-12-10-17(11-13-18)19(23)21-14-6-9-16-7-4-3-5-8-16/h3-5,7-8,10-13,15H,6,9,14H2,1-2H3,(H,21,23)(H,22,24). The summed E-state index contributed by atoms with van der Waals surface area (Å²) >= 11 is 0.